The lowest BCUT2D eigenvalue weighted by Crippen LogP contribution is -2.20. The highest BCUT2D eigenvalue weighted by atomic mass is 35.5. The van der Waals surface area contributed by atoms with E-state index in [2.05, 4.69) is 24.3 Å². The number of ether oxygens (including phenoxy) is 1. The second-order valence-electron chi connectivity index (χ2n) is 5.25. The van der Waals surface area contributed by atoms with Crippen molar-refractivity contribution >= 4 is 11.6 Å². The van der Waals surface area contributed by atoms with Gasteiger partial charge in [-0.05, 0) is 24.1 Å². The number of hydrogen-bond acceptors (Lipinski definition) is 3. The molecule has 0 saturated heterocycles. The SMILES string of the molecule is COCCNCc1c(Cl)cccc1-n1ccc(C(C)C)n1. The second-order valence-corrected chi connectivity index (χ2v) is 5.65. The lowest BCUT2D eigenvalue weighted by atomic mass is 10.1. The number of nitrogens with one attached hydrogen (secondary N) is 1. The van der Waals surface area contributed by atoms with E-state index in [1.54, 1.807) is 7.11 Å². The predicted molar refractivity (Wildman–Crippen MR) is 86.2 cm³/mol. The molecule has 0 aliphatic carbocycles. The van der Waals surface area contributed by atoms with Gasteiger partial charge in [-0.15, -0.1) is 0 Å². The van der Waals surface area contributed by atoms with Crippen molar-refractivity contribution < 1.29 is 4.74 Å². The van der Waals surface area contributed by atoms with Gasteiger partial charge in [0.1, 0.15) is 0 Å². The molecule has 2 rings (SSSR count). The standard InChI is InChI=1S/C16H22ClN3O/c1-12(2)15-7-9-20(19-15)16-6-4-5-14(17)13(16)11-18-8-10-21-3/h4-7,9,12,18H,8,10-11H2,1-3H3. The van der Waals surface area contributed by atoms with E-state index < -0.39 is 0 Å². The summed E-state index contributed by atoms with van der Waals surface area (Å²) in [6.07, 6.45) is 1.99. The number of rotatable bonds is 7. The van der Waals surface area contributed by atoms with Crippen LogP contribution in [0.25, 0.3) is 5.69 Å². The molecule has 0 fully saturated rings. The molecule has 0 aliphatic rings. The van der Waals surface area contributed by atoms with Crippen molar-refractivity contribution in [2.75, 3.05) is 20.3 Å². The highest BCUT2D eigenvalue weighted by Crippen LogP contribution is 2.24. The van der Waals surface area contributed by atoms with Crippen molar-refractivity contribution in [2.24, 2.45) is 0 Å². The Morgan fingerprint density at radius 2 is 2.14 bits per heavy atom. The Kier molecular flexibility index (Phi) is 5.79. The van der Waals surface area contributed by atoms with E-state index in [9.17, 15) is 0 Å². The van der Waals surface area contributed by atoms with Crippen LogP contribution in [0, 0.1) is 0 Å². The predicted octanol–water partition coefficient (Wildman–Crippen LogP) is 3.39. The van der Waals surface area contributed by atoms with Gasteiger partial charge in [0.15, 0.2) is 0 Å². The van der Waals surface area contributed by atoms with Crippen LogP contribution >= 0.6 is 11.6 Å². The minimum Gasteiger partial charge on any atom is -0.383 e. The smallest absolute Gasteiger partial charge is 0.0705 e. The van der Waals surface area contributed by atoms with Gasteiger partial charge in [-0.1, -0.05) is 31.5 Å². The van der Waals surface area contributed by atoms with E-state index in [1.165, 1.54) is 0 Å². The van der Waals surface area contributed by atoms with Gasteiger partial charge in [0, 0.05) is 37.0 Å². The van der Waals surface area contributed by atoms with Gasteiger partial charge < -0.3 is 10.1 Å². The number of hydrogen-bond donors (Lipinski definition) is 1. The van der Waals surface area contributed by atoms with Crippen molar-refractivity contribution in [3.8, 4) is 5.69 Å². The maximum atomic E-state index is 6.35. The summed E-state index contributed by atoms with van der Waals surface area (Å²) >= 11 is 6.35. The van der Waals surface area contributed by atoms with Gasteiger partial charge in [-0.2, -0.15) is 5.10 Å². The average Bonchev–Trinajstić information content (AvgIpc) is 2.94. The molecule has 0 spiro atoms. The Balaban J connectivity index is 2.23. The molecule has 4 nitrogen and oxygen atoms in total. The van der Waals surface area contributed by atoms with Crippen LogP contribution in [0.1, 0.15) is 31.0 Å². The summed E-state index contributed by atoms with van der Waals surface area (Å²) in [5.74, 6) is 0.411. The Hall–Kier alpha value is -1.36. The van der Waals surface area contributed by atoms with Crippen molar-refractivity contribution in [3.05, 3.63) is 46.7 Å². The molecule has 21 heavy (non-hydrogen) atoms. The number of aromatic nitrogens is 2. The van der Waals surface area contributed by atoms with Crippen LogP contribution in [0.2, 0.25) is 5.02 Å². The van der Waals surface area contributed by atoms with Crippen LogP contribution in [0.15, 0.2) is 30.5 Å². The molecule has 114 valence electrons. The van der Waals surface area contributed by atoms with Gasteiger partial charge in [0.05, 0.1) is 18.0 Å². The number of nitrogens with zero attached hydrogens (tertiary/aromatic N) is 2. The maximum Gasteiger partial charge on any atom is 0.0705 e. The largest absolute Gasteiger partial charge is 0.383 e. The molecule has 0 radical (unpaired) electrons. The van der Waals surface area contributed by atoms with Crippen molar-refractivity contribution in [1.82, 2.24) is 15.1 Å². The third-order valence-corrected chi connectivity index (χ3v) is 3.68. The van der Waals surface area contributed by atoms with E-state index in [-0.39, 0.29) is 0 Å². The van der Waals surface area contributed by atoms with E-state index in [1.807, 2.05) is 35.1 Å². The van der Waals surface area contributed by atoms with Gasteiger partial charge in [-0.3, -0.25) is 0 Å². The van der Waals surface area contributed by atoms with Gasteiger partial charge in [0.2, 0.25) is 0 Å². The summed E-state index contributed by atoms with van der Waals surface area (Å²) in [4.78, 5) is 0. The zero-order chi connectivity index (χ0) is 15.2. The molecular formula is C16H22ClN3O. The monoisotopic (exact) mass is 307 g/mol. The molecule has 1 aromatic carbocycles. The highest BCUT2D eigenvalue weighted by Gasteiger charge is 2.11. The quantitative estimate of drug-likeness (QED) is 0.797. The summed E-state index contributed by atoms with van der Waals surface area (Å²) in [6.45, 7) is 6.43. The first-order valence-electron chi connectivity index (χ1n) is 7.16. The minimum atomic E-state index is 0.411. The van der Waals surface area contributed by atoms with Crippen LogP contribution in [-0.2, 0) is 11.3 Å². The Morgan fingerprint density at radius 3 is 2.81 bits per heavy atom. The van der Waals surface area contributed by atoms with Crippen LogP contribution in [0.4, 0.5) is 0 Å². The third kappa shape index (κ3) is 4.06. The molecule has 0 aliphatic heterocycles. The molecule has 0 unspecified atom stereocenters. The summed E-state index contributed by atoms with van der Waals surface area (Å²) < 4.78 is 6.94. The zero-order valence-electron chi connectivity index (χ0n) is 12.8. The van der Waals surface area contributed by atoms with Crippen LogP contribution in [-0.4, -0.2) is 30.0 Å². The highest BCUT2D eigenvalue weighted by molar-refractivity contribution is 6.31. The Labute approximate surface area is 131 Å². The normalized spacial score (nSPS) is 11.3. The first-order chi connectivity index (χ1) is 10.1. The lowest BCUT2D eigenvalue weighted by molar-refractivity contribution is 0.199. The zero-order valence-corrected chi connectivity index (χ0v) is 13.5. The molecule has 1 aromatic heterocycles. The molecule has 5 heteroatoms. The second kappa shape index (κ2) is 7.59. The number of halogens is 1. The molecule has 0 saturated carbocycles. The Morgan fingerprint density at radius 1 is 1.33 bits per heavy atom. The number of benzene rings is 1. The van der Waals surface area contributed by atoms with Crippen molar-refractivity contribution in [3.63, 3.8) is 0 Å². The molecule has 1 heterocycles. The van der Waals surface area contributed by atoms with E-state index in [4.69, 9.17) is 16.3 Å². The fourth-order valence-corrected chi connectivity index (χ4v) is 2.34. The van der Waals surface area contributed by atoms with Gasteiger partial charge in [0.25, 0.3) is 0 Å². The maximum absolute atomic E-state index is 6.35. The van der Waals surface area contributed by atoms with Gasteiger partial charge >= 0.3 is 0 Å². The lowest BCUT2D eigenvalue weighted by Gasteiger charge is -2.12. The fraction of sp³-hybridized carbons (Fsp3) is 0.438. The number of methoxy groups -OCH3 is 1. The summed E-state index contributed by atoms with van der Waals surface area (Å²) in [5.41, 5.74) is 3.14. The summed E-state index contributed by atoms with van der Waals surface area (Å²) in [7, 11) is 1.69. The molecule has 2 aromatic rings. The van der Waals surface area contributed by atoms with E-state index >= 15 is 0 Å². The van der Waals surface area contributed by atoms with Crippen molar-refractivity contribution in [1.29, 1.82) is 0 Å². The summed E-state index contributed by atoms with van der Waals surface area (Å²) in [6, 6.07) is 7.95. The molecule has 0 amide bonds. The molecule has 0 atom stereocenters. The van der Waals surface area contributed by atoms with Crippen LogP contribution in [0.5, 0.6) is 0 Å². The van der Waals surface area contributed by atoms with Crippen LogP contribution in [0.3, 0.4) is 0 Å². The molecule has 0 bridgehead atoms. The molecule has 1 N–H and O–H groups in total. The molecular weight excluding hydrogens is 286 g/mol. The minimum absolute atomic E-state index is 0.411. The van der Waals surface area contributed by atoms with Gasteiger partial charge in [-0.25, -0.2) is 4.68 Å². The third-order valence-electron chi connectivity index (χ3n) is 3.33. The fourth-order valence-electron chi connectivity index (χ4n) is 2.10. The van der Waals surface area contributed by atoms with E-state index in [0.29, 0.717) is 19.1 Å². The van der Waals surface area contributed by atoms with E-state index in [0.717, 1.165) is 28.5 Å². The Bertz CT molecular complexity index is 581. The summed E-state index contributed by atoms with van der Waals surface area (Å²) in [5, 5.41) is 8.71. The average molecular weight is 308 g/mol. The van der Waals surface area contributed by atoms with Crippen LogP contribution < -0.4 is 5.32 Å². The topological polar surface area (TPSA) is 39.1 Å². The first-order valence-corrected chi connectivity index (χ1v) is 7.54. The first kappa shape index (κ1) is 16.0. The van der Waals surface area contributed by atoms with Crippen molar-refractivity contribution in [2.45, 2.75) is 26.3 Å².